The lowest BCUT2D eigenvalue weighted by atomic mass is 10.1. The van der Waals surface area contributed by atoms with E-state index in [1.807, 2.05) is 30.9 Å². The van der Waals surface area contributed by atoms with Crippen molar-refractivity contribution >= 4 is 0 Å². The normalized spacial score (nSPS) is 12.6. The SMILES string of the molecule is CCn1ncnc1CC(N)c1cncc(C)c1. The summed E-state index contributed by atoms with van der Waals surface area (Å²) in [5.41, 5.74) is 8.32. The molecular weight excluding hydrogens is 214 g/mol. The maximum atomic E-state index is 6.16. The predicted octanol–water partition coefficient (Wildman–Crippen LogP) is 1.24. The van der Waals surface area contributed by atoms with Crippen LogP contribution in [-0.4, -0.2) is 19.7 Å². The van der Waals surface area contributed by atoms with E-state index in [1.165, 1.54) is 0 Å². The first-order valence-electron chi connectivity index (χ1n) is 5.74. The Morgan fingerprint density at radius 3 is 2.94 bits per heavy atom. The number of pyridine rings is 1. The number of aryl methyl sites for hydroxylation is 2. The number of hydrogen-bond acceptors (Lipinski definition) is 4. The van der Waals surface area contributed by atoms with E-state index in [1.54, 1.807) is 6.33 Å². The van der Waals surface area contributed by atoms with Gasteiger partial charge in [0, 0.05) is 31.4 Å². The fourth-order valence-electron chi connectivity index (χ4n) is 1.81. The summed E-state index contributed by atoms with van der Waals surface area (Å²) in [5.74, 6) is 0.918. The van der Waals surface area contributed by atoms with Gasteiger partial charge in [-0.05, 0) is 25.0 Å². The third kappa shape index (κ3) is 2.68. The maximum absolute atomic E-state index is 6.16. The zero-order chi connectivity index (χ0) is 12.3. The van der Waals surface area contributed by atoms with E-state index in [0.29, 0.717) is 6.42 Å². The summed E-state index contributed by atoms with van der Waals surface area (Å²) in [7, 11) is 0. The van der Waals surface area contributed by atoms with E-state index in [0.717, 1.165) is 23.5 Å². The molecule has 2 rings (SSSR count). The largest absolute Gasteiger partial charge is 0.324 e. The number of rotatable bonds is 4. The zero-order valence-corrected chi connectivity index (χ0v) is 10.2. The number of hydrogen-bond donors (Lipinski definition) is 1. The molecular formula is C12H17N5. The molecule has 2 aromatic rings. The van der Waals surface area contributed by atoms with Crippen LogP contribution in [0.1, 0.15) is 29.9 Å². The molecule has 0 spiro atoms. The topological polar surface area (TPSA) is 69.6 Å². The zero-order valence-electron chi connectivity index (χ0n) is 10.2. The first-order valence-corrected chi connectivity index (χ1v) is 5.74. The Balaban J connectivity index is 2.14. The Labute approximate surface area is 101 Å². The van der Waals surface area contributed by atoms with Crippen molar-refractivity contribution in [1.82, 2.24) is 19.7 Å². The second kappa shape index (κ2) is 5.05. The van der Waals surface area contributed by atoms with Gasteiger partial charge in [0.05, 0.1) is 0 Å². The highest BCUT2D eigenvalue weighted by Crippen LogP contribution is 2.14. The molecule has 0 aliphatic heterocycles. The third-order valence-electron chi connectivity index (χ3n) is 2.72. The predicted molar refractivity (Wildman–Crippen MR) is 65.3 cm³/mol. The van der Waals surface area contributed by atoms with Crippen molar-refractivity contribution in [3.8, 4) is 0 Å². The van der Waals surface area contributed by atoms with Crippen LogP contribution in [0.4, 0.5) is 0 Å². The summed E-state index contributed by atoms with van der Waals surface area (Å²) >= 11 is 0. The highest BCUT2D eigenvalue weighted by atomic mass is 15.3. The quantitative estimate of drug-likeness (QED) is 0.859. The number of nitrogens with zero attached hydrogens (tertiary/aromatic N) is 4. The molecule has 2 heterocycles. The summed E-state index contributed by atoms with van der Waals surface area (Å²) in [6.45, 7) is 4.86. The maximum Gasteiger partial charge on any atom is 0.138 e. The Morgan fingerprint density at radius 2 is 2.24 bits per heavy atom. The molecule has 0 fully saturated rings. The van der Waals surface area contributed by atoms with Gasteiger partial charge < -0.3 is 5.73 Å². The summed E-state index contributed by atoms with van der Waals surface area (Å²) in [4.78, 5) is 8.38. The lowest BCUT2D eigenvalue weighted by Gasteiger charge is -2.12. The van der Waals surface area contributed by atoms with Gasteiger partial charge in [0.2, 0.25) is 0 Å². The van der Waals surface area contributed by atoms with Crippen LogP contribution in [0.25, 0.3) is 0 Å². The van der Waals surface area contributed by atoms with Crippen molar-refractivity contribution in [3.05, 3.63) is 41.7 Å². The van der Waals surface area contributed by atoms with Gasteiger partial charge in [0.15, 0.2) is 0 Å². The monoisotopic (exact) mass is 231 g/mol. The molecule has 90 valence electrons. The van der Waals surface area contributed by atoms with Crippen LogP contribution in [0.5, 0.6) is 0 Å². The number of nitrogens with two attached hydrogens (primary N) is 1. The second-order valence-electron chi connectivity index (χ2n) is 4.10. The molecule has 1 unspecified atom stereocenters. The minimum Gasteiger partial charge on any atom is -0.324 e. The van der Waals surface area contributed by atoms with Crippen LogP contribution in [0, 0.1) is 6.92 Å². The van der Waals surface area contributed by atoms with Gasteiger partial charge in [-0.15, -0.1) is 0 Å². The van der Waals surface area contributed by atoms with Crippen LogP contribution in [-0.2, 0) is 13.0 Å². The molecule has 0 bridgehead atoms. The average Bonchev–Trinajstić information content (AvgIpc) is 2.76. The van der Waals surface area contributed by atoms with E-state index in [2.05, 4.69) is 21.1 Å². The summed E-state index contributed by atoms with van der Waals surface area (Å²) < 4.78 is 1.86. The third-order valence-corrected chi connectivity index (χ3v) is 2.72. The summed E-state index contributed by atoms with van der Waals surface area (Å²) in [6.07, 6.45) is 5.88. The molecule has 17 heavy (non-hydrogen) atoms. The molecule has 0 aliphatic rings. The van der Waals surface area contributed by atoms with Gasteiger partial charge in [-0.3, -0.25) is 9.67 Å². The molecule has 5 heteroatoms. The van der Waals surface area contributed by atoms with Gasteiger partial charge in [-0.2, -0.15) is 5.10 Å². The van der Waals surface area contributed by atoms with Gasteiger partial charge in [-0.25, -0.2) is 4.98 Å². The first-order chi connectivity index (χ1) is 8.20. The molecule has 0 amide bonds. The minimum absolute atomic E-state index is 0.0862. The van der Waals surface area contributed by atoms with Crippen molar-refractivity contribution in [2.75, 3.05) is 0 Å². The van der Waals surface area contributed by atoms with Crippen molar-refractivity contribution in [3.63, 3.8) is 0 Å². The fraction of sp³-hybridized carbons (Fsp3) is 0.417. The lowest BCUT2D eigenvalue weighted by molar-refractivity contribution is 0.580. The molecule has 2 N–H and O–H groups in total. The fourth-order valence-corrected chi connectivity index (χ4v) is 1.81. The van der Waals surface area contributed by atoms with Crippen molar-refractivity contribution in [2.45, 2.75) is 32.9 Å². The second-order valence-corrected chi connectivity index (χ2v) is 4.10. The van der Waals surface area contributed by atoms with Crippen LogP contribution in [0.15, 0.2) is 24.8 Å². The molecule has 0 aromatic carbocycles. The van der Waals surface area contributed by atoms with Gasteiger partial charge in [0.1, 0.15) is 12.2 Å². The van der Waals surface area contributed by atoms with Gasteiger partial charge in [-0.1, -0.05) is 6.07 Å². The molecule has 0 radical (unpaired) electrons. The van der Waals surface area contributed by atoms with Gasteiger partial charge in [0.25, 0.3) is 0 Å². The molecule has 1 atom stereocenters. The average molecular weight is 231 g/mol. The molecule has 0 saturated carbocycles. The van der Waals surface area contributed by atoms with E-state index in [-0.39, 0.29) is 6.04 Å². The van der Waals surface area contributed by atoms with Crippen molar-refractivity contribution in [2.24, 2.45) is 5.73 Å². The standard InChI is InChI=1S/C12H17N5/c1-3-17-12(15-8-16-17)5-11(13)10-4-9(2)6-14-7-10/h4,6-8,11H,3,5,13H2,1-2H3. The molecule has 0 saturated heterocycles. The van der Waals surface area contributed by atoms with E-state index in [9.17, 15) is 0 Å². The van der Waals surface area contributed by atoms with Gasteiger partial charge >= 0.3 is 0 Å². The lowest BCUT2D eigenvalue weighted by Crippen LogP contribution is -2.17. The van der Waals surface area contributed by atoms with Crippen LogP contribution in [0.2, 0.25) is 0 Å². The smallest absolute Gasteiger partial charge is 0.138 e. The highest BCUT2D eigenvalue weighted by Gasteiger charge is 2.11. The van der Waals surface area contributed by atoms with E-state index in [4.69, 9.17) is 5.73 Å². The van der Waals surface area contributed by atoms with Crippen molar-refractivity contribution < 1.29 is 0 Å². The Bertz CT molecular complexity index is 491. The number of aromatic nitrogens is 4. The Morgan fingerprint density at radius 1 is 1.41 bits per heavy atom. The molecule has 0 aliphatic carbocycles. The Kier molecular flexibility index (Phi) is 3.49. The first kappa shape index (κ1) is 11.7. The van der Waals surface area contributed by atoms with Crippen LogP contribution >= 0.6 is 0 Å². The van der Waals surface area contributed by atoms with E-state index >= 15 is 0 Å². The van der Waals surface area contributed by atoms with Crippen LogP contribution in [0.3, 0.4) is 0 Å². The minimum atomic E-state index is -0.0862. The summed E-state index contributed by atoms with van der Waals surface area (Å²) in [5, 5.41) is 4.13. The van der Waals surface area contributed by atoms with Crippen molar-refractivity contribution in [1.29, 1.82) is 0 Å². The van der Waals surface area contributed by atoms with Crippen LogP contribution < -0.4 is 5.73 Å². The highest BCUT2D eigenvalue weighted by molar-refractivity contribution is 5.20. The summed E-state index contributed by atoms with van der Waals surface area (Å²) in [6, 6.07) is 1.97. The molecule has 5 nitrogen and oxygen atoms in total. The Hall–Kier alpha value is -1.75. The molecule has 2 aromatic heterocycles. The van der Waals surface area contributed by atoms with E-state index < -0.39 is 0 Å².